The van der Waals surface area contributed by atoms with Crippen molar-refractivity contribution >= 4 is 0 Å². The number of nitrogens with one attached hydrogen (secondary N) is 1. The van der Waals surface area contributed by atoms with E-state index in [-0.39, 0.29) is 12.1 Å². The van der Waals surface area contributed by atoms with E-state index in [1.807, 2.05) is 18.2 Å². The van der Waals surface area contributed by atoms with Crippen molar-refractivity contribution in [3.05, 3.63) is 23.8 Å². The smallest absolute Gasteiger partial charge is 0.127 e. The topological polar surface area (TPSA) is 63.0 Å². The molecular formula is C15H26N4O2. The summed E-state index contributed by atoms with van der Waals surface area (Å²) in [6.45, 7) is 3.01. The van der Waals surface area contributed by atoms with Gasteiger partial charge in [-0.2, -0.15) is 0 Å². The van der Waals surface area contributed by atoms with Crippen LogP contribution in [0.2, 0.25) is 0 Å². The summed E-state index contributed by atoms with van der Waals surface area (Å²) < 4.78 is 11.0. The Morgan fingerprint density at radius 2 is 1.81 bits per heavy atom. The number of nitrogens with two attached hydrogens (primary N) is 1. The average Bonchev–Trinajstić information content (AvgIpc) is 2.51. The van der Waals surface area contributed by atoms with E-state index in [2.05, 4.69) is 29.3 Å². The van der Waals surface area contributed by atoms with Crippen molar-refractivity contribution in [2.75, 3.05) is 47.9 Å². The van der Waals surface area contributed by atoms with E-state index >= 15 is 0 Å². The molecule has 0 spiro atoms. The monoisotopic (exact) mass is 294 g/mol. The molecule has 1 aromatic carbocycles. The Labute approximate surface area is 126 Å². The van der Waals surface area contributed by atoms with E-state index in [1.54, 1.807) is 14.2 Å². The maximum absolute atomic E-state index is 5.88. The fourth-order valence-corrected chi connectivity index (χ4v) is 2.98. The van der Waals surface area contributed by atoms with Crippen molar-refractivity contribution in [1.29, 1.82) is 0 Å². The molecule has 1 aliphatic rings. The third kappa shape index (κ3) is 3.29. The molecule has 2 atom stereocenters. The Bertz CT molecular complexity index is 447. The lowest BCUT2D eigenvalue weighted by Gasteiger charge is -2.42. The van der Waals surface area contributed by atoms with E-state index < -0.39 is 0 Å². The molecule has 2 rings (SSSR count). The lowest BCUT2D eigenvalue weighted by molar-refractivity contribution is 0.0861. The number of ether oxygens (including phenoxy) is 2. The SMILES string of the molecule is COc1cccc(OC)c1C(NN)C1CN(C)CCN1C. The summed E-state index contributed by atoms with van der Waals surface area (Å²) >= 11 is 0. The third-order valence-corrected chi connectivity index (χ3v) is 4.24. The Kier molecular flexibility index (Phi) is 5.41. The van der Waals surface area contributed by atoms with Crippen LogP contribution in [0.5, 0.6) is 11.5 Å². The summed E-state index contributed by atoms with van der Waals surface area (Å²) in [7, 11) is 7.60. The summed E-state index contributed by atoms with van der Waals surface area (Å²) in [5, 5.41) is 0. The number of nitrogens with zero attached hydrogens (tertiary/aromatic N) is 2. The number of hydrazine groups is 1. The average molecular weight is 294 g/mol. The Hall–Kier alpha value is -1.34. The molecule has 1 fully saturated rings. The third-order valence-electron chi connectivity index (χ3n) is 4.24. The van der Waals surface area contributed by atoms with Crippen molar-refractivity contribution in [3.63, 3.8) is 0 Å². The first kappa shape index (κ1) is 16.0. The van der Waals surface area contributed by atoms with Crippen molar-refractivity contribution in [2.45, 2.75) is 12.1 Å². The standard InChI is InChI=1S/C15H26N4O2/c1-18-8-9-19(2)11(10-18)15(17-16)14-12(20-3)6-5-7-13(14)21-4/h5-7,11,15,17H,8-10,16H2,1-4H3. The highest BCUT2D eigenvalue weighted by Crippen LogP contribution is 2.36. The molecule has 0 aliphatic carbocycles. The Morgan fingerprint density at radius 1 is 1.19 bits per heavy atom. The van der Waals surface area contributed by atoms with Gasteiger partial charge in [0.25, 0.3) is 0 Å². The van der Waals surface area contributed by atoms with Gasteiger partial charge in [0.1, 0.15) is 11.5 Å². The number of hydrogen-bond acceptors (Lipinski definition) is 6. The molecule has 1 aromatic rings. The van der Waals surface area contributed by atoms with Crippen molar-refractivity contribution in [3.8, 4) is 11.5 Å². The van der Waals surface area contributed by atoms with E-state index in [0.717, 1.165) is 36.7 Å². The quantitative estimate of drug-likeness (QED) is 0.607. The van der Waals surface area contributed by atoms with Gasteiger partial charge in [-0.1, -0.05) is 6.07 Å². The summed E-state index contributed by atoms with van der Waals surface area (Å²) in [4.78, 5) is 4.65. The highest BCUT2D eigenvalue weighted by Gasteiger charge is 2.33. The van der Waals surface area contributed by atoms with Gasteiger partial charge in [-0.05, 0) is 26.2 Å². The summed E-state index contributed by atoms with van der Waals surface area (Å²) in [5.41, 5.74) is 3.93. The van der Waals surface area contributed by atoms with E-state index in [9.17, 15) is 0 Å². The second kappa shape index (κ2) is 7.09. The minimum Gasteiger partial charge on any atom is -0.496 e. The number of hydrogen-bond donors (Lipinski definition) is 2. The molecular weight excluding hydrogens is 268 g/mol. The fraction of sp³-hybridized carbons (Fsp3) is 0.600. The number of piperazine rings is 1. The first-order valence-corrected chi connectivity index (χ1v) is 7.18. The molecule has 6 heteroatoms. The first-order chi connectivity index (χ1) is 10.1. The molecule has 0 amide bonds. The van der Waals surface area contributed by atoms with Crippen LogP contribution >= 0.6 is 0 Å². The highest BCUT2D eigenvalue weighted by atomic mass is 16.5. The maximum atomic E-state index is 5.88. The molecule has 6 nitrogen and oxygen atoms in total. The first-order valence-electron chi connectivity index (χ1n) is 7.18. The molecule has 118 valence electrons. The van der Waals surface area contributed by atoms with Gasteiger partial charge in [-0.3, -0.25) is 16.2 Å². The molecule has 1 heterocycles. The molecule has 21 heavy (non-hydrogen) atoms. The zero-order valence-electron chi connectivity index (χ0n) is 13.3. The van der Waals surface area contributed by atoms with Crippen LogP contribution in [0.3, 0.4) is 0 Å². The molecule has 0 radical (unpaired) electrons. The second-order valence-corrected chi connectivity index (χ2v) is 5.53. The van der Waals surface area contributed by atoms with Gasteiger partial charge < -0.3 is 14.4 Å². The van der Waals surface area contributed by atoms with Gasteiger partial charge in [0.2, 0.25) is 0 Å². The normalized spacial score (nSPS) is 22.0. The van der Waals surface area contributed by atoms with Gasteiger partial charge in [0.15, 0.2) is 0 Å². The van der Waals surface area contributed by atoms with Crippen molar-refractivity contribution in [2.24, 2.45) is 5.84 Å². The highest BCUT2D eigenvalue weighted by molar-refractivity contribution is 5.47. The summed E-state index contributed by atoms with van der Waals surface area (Å²) in [5.74, 6) is 7.47. The minimum atomic E-state index is -0.0659. The molecule has 0 bridgehead atoms. The van der Waals surface area contributed by atoms with Crippen LogP contribution in [0.25, 0.3) is 0 Å². The summed E-state index contributed by atoms with van der Waals surface area (Å²) in [6.07, 6.45) is 0. The maximum Gasteiger partial charge on any atom is 0.127 e. The summed E-state index contributed by atoms with van der Waals surface area (Å²) in [6, 6.07) is 5.98. The predicted octanol–water partition coefficient (Wildman–Crippen LogP) is 0.454. The van der Waals surface area contributed by atoms with Crippen LogP contribution in [-0.2, 0) is 0 Å². The lowest BCUT2D eigenvalue weighted by atomic mass is 9.95. The molecule has 0 aromatic heterocycles. The lowest BCUT2D eigenvalue weighted by Crippen LogP contribution is -2.56. The van der Waals surface area contributed by atoms with Gasteiger partial charge in [-0.15, -0.1) is 0 Å². The van der Waals surface area contributed by atoms with Gasteiger partial charge >= 0.3 is 0 Å². The van der Waals surface area contributed by atoms with Crippen molar-refractivity contribution in [1.82, 2.24) is 15.2 Å². The largest absolute Gasteiger partial charge is 0.496 e. The number of rotatable bonds is 5. The van der Waals surface area contributed by atoms with E-state index in [0.29, 0.717) is 0 Å². The molecule has 2 unspecified atom stereocenters. The van der Waals surface area contributed by atoms with Crippen molar-refractivity contribution < 1.29 is 9.47 Å². The van der Waals surface area contributed by atoms with Gasteiger partial charge in [0, 0.05) is 25.7 Å². The van der Waals surface area contributed by atoms with Crippen LogP contribution < -0.4 is 20.7 Å². The van der Waals surface area contributed by atoms with E-state index in [1.165, 1.54) is 0 Å². The van der Waals surface area contributed by atoms with Gasteiger partial charge in [-0.25, -0.2) is 0 Å². The van der Waals surface area contributed by atoms with Gasteiger partial charge in [0.05, 0.1) is 25.8 Å². The van der Waals surface area contributed by atoms with Crippen LogP contribution in [0, 0.1) is 0 Å². The van der Waals surface area contributed by atoms with Crippen LogP contribution in [0.4, 0.5) is 0 Å². The van der Waals surface area contributed by atoms with Crippen LogP contribution in [-0.4, -0.2) is 63.8 Å². The zero-order valence-corrected chi connectivity index (χ0v) is 13.3. The minimum absolute atomic E-state index is 0.0659. The number of benzene rings is 1. The number of methoxy groups -OCH3 is 2. The zero-order chi connectivity index (χ0) is 15.4. The molecule has 1 saturated heterocycles. The molecule has 1 aliphatic heterocycles. The Balaban J connectivity index is 2.40. The molecule has 3 N–H and O–H groups in total. The fourth-order valence-electron chi connectivity index (χ4n) is 2.98. The van der Waals surface area contributed by atoms with Crippen LogP contribution in [0.15, 0.2) is 18.2 Å². The molecule has 0 saturated carbocycles. The second-order valence-electron chi connectivity index (χ2n) is 5.53. The van der Waals surface area contributed by atoms with E-state index in [4.69, 9.17) is 15.3 Å². The van der Waals surface area contributed by atoms with Crippen LogP contribution in [0.1, 0.15) is 11.6 Å². The predicted molar refractivity (Wildman–Crippen MR) is 83.5 cm³/mol. The Morgan fingerprint density at radius 3 is 2.33 bits per heavy atom. The number of likely N-dealkylation sites (N-methyl/N-ethyl adjacent to an activating group) is 2.